The fourth-order valence-corrected chi connectivity index (χ4v) is 2.20. The van der Waals surface area contributed by atoms with E-state index in [1.165, 1.54) is 0 Å². The van der Waals surface area contributed by atoms with Gasteiger partial charge in [0.1, 0.15) is 12.2 Å². The van der Waals surface area contributed by atoms with Gasteiger partial charge in [0.05, 0.1) is 6.61 Å². The summed E-state index contributed by atoms with van der Waals surface area (Å²) >= 11 is 0. The third-order valence-electron chi connectivity index (χ3n) is 3.27. The minimum absolute atomic E-state index is 0.0136. The number of carbonyl (C=O) groups is 2. The van der Waals surface area contributed by atoms with E-state index in [0.717, 1.165) is 11.8 Å². The minimum atomic E-state index is -2.20. The molecular weight excluding hydrogens is 247 g/mol. The Bertz CT molecular complexity index is 375. The number of hydrogen-bond donors (Lipinski definition) is 3. The second-order valence-corrected chi connectivity index (χ2v) is 4.60. The topological polar surface area (TPSA) is 99.1 Å². The van der Waals surface area contributed by atoms with E-state index in [4.69, 9.17) is 9.84 Å². The molecule has 0 bridgehead atoms. The highest BCUT2D eigenvalue weighted by Crippen LogP contribution is 2.36. The third kappa shape index (κ3) is 1.96. The highest BCUT2D eigenvalue weighted by Gasteiger charge is 2.57. The molecule has 102 valence electrons. The van der Waals surface area contributed by atoms with Crippen LogP contribution in [0.4, 0.5) is 9.18 Å². The van der Waals surface area contributed by atoms with Crippen LogP contribution in [-0.4, -0.2) is 64.3 Å². The zero-order valence-electron chi connectivity index (χ0n) is 9.80. The molecule has 2 aliphatic rings. The number of nitrogens with zero attached hydrogens (tertiary/aromatic N) is 1. The lowest BCUT2D eigenvalue weighted by Crippen LogP contribution is -2.59. The summed E-state index contributed by atoms with van der Waals surface area (Å²) in [6.45, 7) is 0.562. The molecule has 3 amide bonds. The SMILES string of the molecule is C[C@]1(F)[C@@H](O)[C@@H](CO)O[C@H]1N1CCC(=O)NC1=O. The predicted molar refractivity (Wildman–Crippen MR) is 56.1 cm³/mol. The molecule has 0 aromatic rings. The van der Waals surface area contributed by atoms with Crippen LogP contribution in [0.5, 0.6) is 0 Å². The lowest BCUT2D eigenvalue weighted by molar-refractivity contribution is -0.126. The predicted octanol–water partition coefficient (Wildman–Crippen LogP) is -1.27. The van der Waals surface area contributed by atoms with Gasteiger partial charge < -0.3 is 14.9 Å². The van der Waals surface area contributed by atoms with E-state index < -0.39 is 42.6 Å². The highest BCUT2D eigenvalue weighted by molar-refractivity contribution is 5.96. The van der Waals surface area contributed by atoms with E-state index in [0.29, 0.717) is 0 Å². The van der Waals surface area contributed by atoms with Crippen molar-refractivity contribution in [2.24, 2.45) is 0 Å². The first-order valence-corrected chi connectivity index (χ1v) is 5.61. The van der Waals surface area contributed by atoms with Gasteiger partial charge in [-0.2, -0.15) is 0 Å². The van der Waals surface area contributed by atoms with E-state index >= 15 is 0 Å². The zero-order chi connectivity index (χ0) is 13.5. The maximum Gasteiger partial charge on any atom is 0.326 e. The van der Waals surface area contributed by atoms with Gasteiger partial charge in [-0.05, 0) is 6.92 Å². The number of urea groups is 1. The summed E-state index contributed by atoms with van der Waals surface area (Å²) in [7, 11) is 0. The summed E-state index contributed by atoms with van der Waals surface area (Å²) in [5.41, 5.74) is -2.20. The normalized spacial score (nSPS) is 41.1. The number of ether oxygens (including phenoxy) is 1. The van der Waals surface area contributed by atoms with Gasteiger partial charge in [-0.25, -0.2) is 9.18 Å². The van der Waals surface area contributed by atoms with E-state index in [-0.39, 0.29) is 13.0 Å². The summed E-state index contributed by atoms with van der Waals surface area (Å²) in [6, 6.07) is -0.758. The molecule has 7 nitrogen and oxygen atoms in total. The van der Waals surface area contributed by atoms with Crippen LogP contribution in [-0.2, 0) is 9.53 Å². The van der Waals surface area contributed by atoms with Gasteiger partial charge in [0.25, 0.3) is 0 Å². The molecule has 0 saturated carbocycles. The Morgan fingerprint density at radius 3 is 2.78 bits per heavy atom. The van der Waals surface area contributed by atoms with E-state index in [2.05, 4.69) is 0 Å². The number of rotatable bonds is 2. The Kier molecular flexibility index (Phi) is 3.26. The van der Waals surface area contributed by atoms with Crippen molar-refractivity contribution in [1.29, 1.82) is 0 Å². The first kappa shape index (κ1) is 13.2. The molecule has 2 aliphatic heterocycles. The number of amides is 3. The molecule has 18 heavy (non-hydrogen) atoms. The Balaban J connectivity index is 2.18. The zero-order valence-corrected chi connectivity index (χ0v) is 9.80. The monoisotopic (exact) mass is 262 g/mol. The standard InChI is InChI=1S/C10H15FN2O5/c1-10(11)7(16)5(4-14)18-8(10)13-3-2-6(15)12-9(13)17/h5,7-8,14,16H,2-4H2,1H3,(H,12,15,17)/t5-,7+,8-,10+/m1/s1. The molecular formula is C10H15FN2O5. The highest BCUT2D eigenvalue weighted by atomic mass is 19.1. The molecule has 2 fully saturated rings. The summed E-state index contributed by atoms with van der Waals surface area (Å²) in [5, 5.41) is 20.7. The molecule has 0 aromatic heterocycles. The lowest BCUT2D eigenvalue weighted by atomic mass is 9.98. The molecule has 0 unspecified atom stereocenters. The number of hydrogen-bond acceptors (Lipinski definition) is 5. The number of carbonyl (C=O) groups excluding carboxylic acids is 2. The van der Waals surface area contributed by atoms with Crippen molar-refractivity contribution in [2.45, 2.75) is 37.4 Å². The number of imide groups is 1. The molecule has 8 heteroatoms. The second-order valence-electron chi connectivity index (χ2n) is 4.60. The first-order valence-electron chi connectivity index (χ1n) is 5.61. The van der Waals surface area contributed by atoms with Gasteiger partial charge in [0.2, 0.25) is 5.91 Å². The fraction of sp³-hybridized carbons (Fsp3) is 0.800. The van der Waals surface area contributed by atoms with Crippen LogP contribution in [0.1, 0.15) is 13.3 Å². The van der Waals surface area contributed by atoms with Gasteiger partial charge in [-0.15, -0.1) is 0 Å². The van der Waals surface area contributed by atoms with Crippen molar-refractivity contribution in [2.75, 3.05) is 13.2 Å². The number of aliphatic hydroxyl groups is 2. The average Bonchev–Trinajstić information content (AvgIpc) is 2.52. The molecule has 3 N–H and O–H groups in total. The fourth-order valence-electron chi connectivity index (χ4n) is 2.20. The van der Waals surface area contributed by atoms with Crippen LogP contribution in [0.2, 0.25) is 0 Å². The Morgan fingerprint density at radius 1 is 1.61 bits per heavy atom. The summed E-state index contributed by atoms with van der Waals surface area (Å²) in [4.78, 5) is 23.6. The van der Waals surface area contributed by atoms with Crippen molar-refractivity contribution in [3.63, 3.8) is 0 Å². The van der Waals surface area contributed by atoms with Crippen LogP contribution in [0.3, 0.4) is 0 Å². The molecule has 0 spiro atoms. The lowest BCUT2D eigenvalue weighted by Gasteiger charge is -2.35. The van der Waals surface area contributed by atoms with Crippen LogP contribution in [0, 0.1) is 0 Å². The molecule has 0 radical (unpaired) electrons. The maximum absolute atomic E-state index is 14.4. The summed E-state index contributed by atoms with van der Waals surface area (Å²) in [6.07, 6.45) is -3.90. The van der Waals surface area contributed by atoms with Crippen molar-refractivity contribution in [3.8, 4) is 0 Å². The van der Waals surface area contributed by atoms with Crippen LogP contribution >= 0.6 is 0 Å². The number of aliphatic hydroxyl groups excluding tert-OH is 2. The summed E-state index contributed by atoms with van der Waals surface area (Å²) < 4.78 is 19.5. The molecule has 2 saturated heterocycles. The Hall–Kier alpha value is -1.25. The van der Waals surface area contributed by atoms with Gasteiger partial charge in [0, 0.05) is 13.0 Å². The number of halogens is 1. The van der Waals surface area contributed by atoms with Crippen molar-refractivity contribution in [1.82, 2.24) is 10.2 Å². The van der Waals surface area contributed by atoms with E-state index in [1.54, 1.807) is 0 Å². The van der Waals surface area contributed by atoms with Crippen LogP contribution in [0.25, 0.3) is 0 Å². The maximum atomic E-state index is 14.4. The number of alkyl halides is 1. The van der Waals surface area contributed by atoms with Gasteiger partial charge >= 0.3 is 6.03 Å². The van der Waals surface area contributed by atoms with Gasteiger partial charge in [-0.3, -0.25) is 15.0 Å². The van der Waals surface area contributed by atoms with Crippen LogP contribution in [0.15, 0.2) is 0 Å². The van der Waals surface area contributed by atoms with Crippen LogP contribution < -0.4 is 5.32 Å². The quantitative estimate of drug-likeness (QED) is 0.576. The number of nitrogens with one attached hydrogen (secondary N) is 1. The molecule has 2 rings (SSSR count). The average molecular weight is 262 g/mol. The molecule has 0 aliphatic carbocycles. The van der Waals surface area contributed by atoms with E-state index in [1.807, 2.05) is 5.32 Å². The Morgan fingerprint density at radius 2 is 2.28 bits per heavy atom. The molecule has 4 atom stereocenters. The van der Waals surface area contributed by atoms with Crippen molar-refractivity contribution < 1.29 is 28.9 Å². The minimum Gasteiger partial charge on any atom is -0.394 e. The molecule has 2 heterocycles. The Labute approximate surface area is 103 Å². The molecule has 0 aromatic carbocycles. The second kappa shape index (κ2) is 4.45. The first-order chi connectivity index (χ1) is 8.37. The van der Waals surface area contributed by atoms with Crippen molar-refractivity contribution in [3.05, 3.63) is 0 Å². The van der Waals surface area contributed by atoms with Gasteiger partial charge in [0.15, 0.2) is 11.9 Å². The summed E-state index contributed by atoms with van der Waals surface area (Å²) in [5.74, 6) is -0.436. The van der Waals surface area contributed by atoms with E-state index in [9.17, 15) is 19.1 Å². The van der Waals surface area contributed by atoms with Gasteiger partial charge in [-0.1, -0.05) is 0 Å². The van der Waals surface area contributed by atoms with Crippen molar-refractivity contribution >= 4 is 11.9 Å². The smallest absolute Gasteiger partial charge is 0.326 e. The third-order valence-corrected chi connectivity index (χ3v) is 3.27. The largest absolute Gasteiger partial charge is 0.394 e.